The molecular weight excluding hydrogens is 320 g/mol. The number of hydrogen-bond acceptors (Lipinski definition) is 7. The number of carbonyl (C=O) groups is 2. The molecule has 0 aliphatic heterocycles. The van der Waals surface area contributed by atoms with E-state index in [1.807, 2.05) is 0 Å². The highest BCUT2D eigenvalue weighted by atomic mass is 32.2. The molecule has 0 saturated heterocycles. The topological polar surface area (TPSA) is 114 Å². The Bertz CT molecular complexity index is 745. The Labute approximate surface area is 135 Å². The van der Waals surface area contributed by atoms with E-state index >= 15 is 0 Å². The molecule has 0 radical (unpaired) electrons. The molecule has 1 heterocycles. The monoisotopic (exact) mass is 334 g/mol. The standard InChI is InChI=1S/C14H14N4O4S/c1-2-22-13(21)9-3-5-10(6-4-9)16-12(20)8-23-14-17-11(19)7-15-18-14/h3-7H,2,8H2,1H3,(H,16,20)(H,17,18,19). The SMILES string of the molecule is CCOC(=O)c1ccc(NC(=O)CSc2nncc(=O)[nH]2)cc1. The Morgan fingerprint density at radius 3 is 2.70 bits per heavy atom. The van der Waals surface area contributed by atoms with Crippen molar-refractivity contribution < 1.29 is 14.3 Å². The minimum Gasteiger partial charge on any atom is -0.462 e. The van der Waals surface area contributed by atoms with E-state index in [1.54, 1.807) is 31.2 Å². The van der Waals surface area contributed by atoms with Gasteiger partial charge in [-0.15, -0.1) is 5.10 Å². The fraction of sp³-hybridized carbons (Fsp3) is 0.214. The molecule has 0 fully saturated rings. The van der Waals surface area contributed by atoms with Crippen LogP contribution in [-0.2, 0) is 9.53 Å². The second-order valence-corrected chi connectivity index (χ2v) is 5.24. The fourth-order valence-corrected chi connectivity index (χ4v) is 2.21. The number of nitrogens with one attached hydrogen (secondary N) is 2. The number of esters is 1. The van der Waals surface area contributed by atoms with Gasteiger partial charge in [-0.2, -0.15) is 5.10 Å². The number of thioether (sulfide) groups is 1. The summed E-state index contributed by atoms with van der Waals surface area (Å²) in [6.07, 6.45) is 1.05. The van der Waals surface area contributed by atoms with E-state index in [2.05, 4.69) is 20.5 Å². The summed E-state index contributed by atoms with van der Waals surface area (Å²) in [5.74, 6) is -0.619. The van der Waals surface area contributed by atoms with E-state index in [1.165, 1.54) is 0 Å². The van der Waals surface area contributed by atoms with E-state index in [0.29, 0.717) is 17.9 Å². The van der Waals surface area contributed by atoms with Gasteiger partial charge in [0.2, 0.25) is 5.91 Å². The van der Waals surface area contributed by atoms with Crippen molar-refractivity contribution in [2.75, 3.05) is 17.7 Å². The number of aromatic nitrogens is 3. The molecule has 0 aliphatic carbocycles. The molecule has 0 bridgehead atoms. The van der Waals surface area contributed by atoms with Crippen LogP contribution in [0.3, 0.4) is 0 Å². The van der Waals surface area contributed by atoms with Crippen molar-refractivity contribution >= 4 is 29.3 Å². The number of aromatic amines is 1. The number of nitrogens with zero attached hydrogens (tertiary/aromatic N) is 2. The number of benzene rings is 1. The molecule has 23 heavy (non-hydrogen) atoms. The first-order valence-electron chi connectivity index (χ1n) is 6.70. The third-order valence-electron chi connectivity index (χ3n) is 2.57. The third-order valence-corrected chi connectivity index (χ3v) is 3.44. The van der Waals surface area contributed by atoms with Gasteiger partial charge in [-0.25, -0.2) is 4.79 Å². The van der Waals surface area contributed by atoms with Crippen LogP contribution in [0.25, 0.3) is 0 Å². The van der Waals surface area contributed by atoms with Gasteiger partial charge in [0.1, 0.15) is 6.20 Å². The fourth-order valence-electron chi connectivity index (χ4n) is 1.60. The first kappa shape index (κ1) is 16.7. The van der Waals surface area contributed by atoms with E-state index in [0.717, 1.165) is 18.0 Å². The van der Waals surface area contributed by atoms with Crippen LogP contribution in [0.2, 0.25) is 0 Å². The lowest BCUT2D eigenvalue weighted by Crippen LogP contribution is -2.15. The Hall–Kier alpha value is -2.68. The van der Waals surface area contributed by atoms with Gasteiger partial charge in [0.25, 0.3) is 5.56 Å². The van der Waals surface area contributed by atoms with Gasteiger partial charge in [0.15, 0.2) is 5.16 Å². The molecule has 2 rings (SSSR count). The average Bonchev–Trinajstić information content (AvgIpc) is 2.54. The van der Waals surface area contributed by atoms with E-state index in [9.17, 15) is 14.4 Å². The molecule has 9 heteroatoms. The molecule has 0 saturated carbocycles. The molecule has 1 amide bonds. The zero-order valence-electron chi connectivity index (χ0n) is 12.2. The van der Waals surface area contributed by atoms with Crippen molar-refractivity contribution in [2.45, 2.75) is 12.1 Å². The molecule has 1 aromatic heterocycles. The highest BCUT2D eigenvalue weighted by Gasteiger charge is 2.08. The molecule has 0 aliphatic rings. The Balaban J connectivity index is 1.87. The van der Waals surface area contributed by atoms with Gasteiger partial charge in [-0.1, -0.05) is 11.8 Å². The van der Waals surface area contributed by atoms with Crippen molar-refractivity contribution in [3.05, 3.63) is 46.4 Å². The van der Waals surface area contributed by atoms with Crippen LogP contribution in [-0.4, -0.2) is 39.4 Å². The molecule has 0 spiro atoms. The van der Waals surface area contributed by atoms with Gasteiger partial charge in [-0.05, 0) is 31.2 Å². The number of H-pyrrole nitrogens is 1. The minimum absolute atomic E-state index is 0.0638. The van der Waals surface area contributed by atoms with Crippen LogP contribution in [0.4, 0.5) is 5.69 Å². The molecule has 120 valence electrons. The summed E-state index contributed by atoms with van der Waals surface area (Å²) in [6.45, 7) is 2.04. The molecule has 0 unspecified atom stereocenters. The maximum absolute atomic E-state index is 11.8. The van der Waals surface area contributed by atoms with Gasteiger partial charge >= 0.3 is 5.97 Å². The lowest BCUT2D eigenvalue weighted by molar-refractivity contribution is -0.113. The van der Waals surface area contributed by atoms with Crippen molar-refractivity contribution in [1.29, 1.82) is 0 Å². The first-order chi connectivity index (χ1) is 11.1. The number of ether oxygens (including phenoxy) is 1. The van der Waals surface area contributed by atoms with Gasteiger partial charge in [0, 0.05) is 5.69 Å². The van der Waals surface area contributed by atoms with Gasteiger partial charge in [0.05, 0.1) is 17.9 Å². The molecular formula is C14H14N4O4S. The largest absolute Gasteiger partial charge is 0.462 e. The van der Waals surface area contributed by atoms with E-state index < -0.39 is 5.97 Å². The summed E-state index contributed by atoms with van der Waals surface area (Å²) in [7, 11) is 0. The summed E-state index contributed by atoms with van der Waals surface area (Å²) in [5.41, 5.74) is 0.588. The number of rotatable bonds is 6. The molecule has 8 nitrogen and oxygen atoms in total. The summed E-state index contributed by atoms with van der Waals surface area (Å²) in [4.78, 5) is 36.8. The van der Waals surface area contributed by atoms with E-state index in [4.69, 9.17) is 4.74 Å². The minimum atomic E-state index is -0.410. The van der Waals surface area contributed by atoms with Gasteiger partial charge in [-0.3, -0.25) is 14.6 Å². The lowest BCUT2D eigenvalue weighted by atomic mass is 10.2. The normalized spacial score (nSPS) is 10.1. The highest BCUT2D eigenvalue weighted by Crippen LogP contribution is 2.13. The summed E-state index contributed by atoms with van der Waals surface area (Å²) < 4.78 is 4.87. The third kappa shape index (κ3) is 5.22. The van der Waals surface area contributed by atoms with Crippen LogP contribution < -0.4 is 10.9 Å². The van der Waals surface area contributed by atoms with Crippen molar-refractivity contribution in [3.63, 3.8) is 0 Å². The number of anilines is 1. The molecule has 1 aromatic carbocycles. The van der Waals surface area contributed by atoms with Crippen molar-refractivity contribution in [3.8, 4) is 0 Å². The van der Waals surface area contributed by atoms with Crippen molar-refractivity contribution in [2.24, 2.45) is 0 Å². The van der Waals surface area contributed by atoms with Crippen LogP contribution in [0, 0.1) is 0 Å². The van der Waals surface area contributed by atoms with Crippen molar-refractivity contribution in [1.82, 2.24) is 15.2 Å². The summed E-state index contributed by atoms with van der Waals surface area (Å²) >= 11 is 1.06. The Kier molecular flexibility index (Phi) is 5.87. The number of amides is 1. The maximum Gasteiger partial charge on any atom is 0.338 e. The summed E-state index contributed by atoms with van der Waals surface area (Å²) in [6, 6.07) is 6.36. The van der Waals surface area contributed by atoms with Gasteiger partial charge < -0.3 is 10.1 Å². The average molecular weight is 334 g/mol. The quantitative estimate of drug-likeness (QED) is 0.600. The highest BCUT2D eigenvalue weighted by molar-refractivity contribution is 7.99. The zero-order valence-corrected chi connectivity index (χ0v) is 13.1. The Morgan fingerprint density at radius 1 is 1.30 bits per heavy atom. The second-order valence-electron chi connectivity index (χ2n) is 4.27. The predicted octanol–water partition coefficient (Wildman–Crippen LogP) is 1.07. The predicted molar refractivity (Wildman–Crippen MR) is 84.4 cm³/mol. The molecule has 0 atom stereocenters. The second kappa shape index (κ2) is 8.08. The number of hydrogen-bond donors (Lipinski definition) is 2. The summed E-state index contributed by atoms with van der Waals surface area (Å²) in [5, 5.41) is 10.1. The maximum atomic E-state index is 11.8. The lowest BCUT2D eigenvalue weighted by Gasteiger charge is -2.06. The van der Waals surface area contributed by atoms with E-state index in [-0.39, 0.29) is 22.4 Å². The van der Waals surface area contributed by atoms with Crippen LogP contribution in [0.15, 0.2) is 40.4 Å². The van der Waals surface area contributed by atoms with Crippen LogP contribution >= 0.6 is 11.8 Å². The zero-order chi connectivity index (χ0) is 16.7. The first-order valence-corrected chi connectivity index (χ1v) is 7.69. The smallest absolute Gasteiger partial charge is 0.338 e. The van der Waals surface area contributed by atoms with Crippen LogP contribution in [0.1, 0.15) is 17.3 Å². The Morgan fingerprint density at radius 2 is 2.04 bits per heavy atom. The molecule has 2 aromatic rings. The van der Waals surface area contributed by atoms with Crippen LogP contribution in [0.5, 0.6) is 0 Å². The molecule has 2 N–H and O–H groups in total. The number of carbonyl (C=O) groups excluding carboxylic acids is 2.